The molecule has 2 bridgehead atoms. The molecule has 1 nitrogen and oxygen atoms in total. The maximum atomic E-state index is 2.51. The van der Waals surface area contributed by atoms with E-state index in [-0.39, 0.29) is 5.41 Å². The maximum absolute atomic E-state index is 2.51. The highest BCUT2D eigenvalue weighted by Crippen LogP contribution is 2.66. The third-order valence-corrected chi connectivity index (χ3v) is 13.2. The Morgan fingerprint density at radius 3 is 1.57 bits per heavy atom. The summed E-state index contributed by atoms with van der Waals surface area (Å²) < 4.78 is 0. The lowest BCUT2D eigenvalue weighted by atomic mass is 9.67. The number of hydrogen-bond donors (Lipinski definition) is 0. The molecule has 3 aliphatic carbocycles. The van der Waals surface area contributed by atoms with Crippen molar-refractivity contribution in [1.82, 2.24) is 0 Å². The van der Waals surface area contributed by atoms with Crippen LogP contribution in [0.3, 0.4) is 0 Å². The molecule has 3 unspecified atom stereocenters. The Hall–Kier alpha value is -6.44. The van der Waals surface area contributed by atoms with Gasteiger partial charge < -0.3 is 4.90 Å². The Balaban J connectivity index is 1.10. The Bertz CT molecular complexity index is 2710. The van der Waals surface area contributed by atoms with Gasteiger partial charge in [0.1, 0.15) is 0 Å². The molecule has 56 heavy (non-hydrogen) atoms. The van der Waals surface area contributed by atoms with Crippen molar-refractivity contribution in [3.05, 3.63) is 211 Å². The van der Waals surface area contributed by atoms with Crippen LogP contribution in [0.1, 0.15) is 36.8 Å². The molecule has 268 valence electrons. The lowest BCUT2D eigenvalue weighted by Crippen LogP contribution is -2.31. The number of benzene rings is 8. The van der Waals surface area contributed by atoms with Crippen molar-refractivity contribution in [3.8, 4) is 55.6 Å². The third-order valence-electron chi connectivity index (χ3n) is 13.2. The van der Waals surface area contributed by atoms with Crippen LogP contribution in [0.25, 0.3) is 55.6 Å². The van der Waals surface area contributed by atoms with Crippen LogP contribution in [0.15, 0.2) is 200 Å². The molecule has 8 aromatic rings. The first-order valence-electron chi connectivity index (χ1n) is 20.3. The number of hydrogen-bond acceptors (Lipinski definition) is 1. The minimum absolute atomic E-state index is 0.151. The number of rotatable bonds is 7. The lowest BCUT2D eigenvalue weighted by Gasteiger charge is -2.36. The summed E-state index contributed by atoms with van der Waals surface area (Å²) in [6.07, 6.45) is 5.40. The monoisotopic (exact) mass is 717 g/mol. The van der Waals surface area contributed by atoms with Crippen molar-refractivity contribution >= 4 is 17.1 Å². The van der Waals surface area contributed by atoms with E-state index in [0.29, 0.717) is 0 Å². The molecule has 1 heteroatoms. The average molecular weight is 718 g/mol. The van der Waals surface area contributed by atoms with E-state index in [2.05, 4.69) is 205 Å². The van der Waals surface area contributed by atoms with Crippen LogP contribution in [0.5, 0.6) is 0 Å². The van der Waals surface area contributed by atoms with Crippen molar-refractivity contribution in [2.45, 2.75) is 31.1 Å². The van der Waals surface area contributed by atoms with Gasteiger partial charge in [0.2, 0.25) is 0 Å². The molecule has 0 aliphatic heterocycles. The van der Waals surface area contributed by atoms with Gasteiger partial charge in [0.25, 0.3) is 0 Å². The van der Waals surface area contributed by atoms with Crippen molar-refractivity contribution in [2.75, 3.05) is 4.90 Å². The number of para-hydroxylation sites is 1. The summed E-state index contributed by atoms with van der Waals surface area (Å²) in [4.78, 5) is 2.50. The highest BCUT2D eigenvalue weighted by molar-refractivity contribution is 5.98. The van der Waals surface area contributed by atoms with E-state index in [0.717, 1.165) is 23.2 Å². The largest absolute Gasteiger partial charge is 0.310 e. The van der Waals surface area contributed by atoms with E-state index in [1.165, 1.54) is 87.0 Å². The molecule has 0 N–H and O–H groups in total. The summed E-state index contributed by atoms with van der Waals surface area (Å²) in [5.74, 6) is 1.58. The first kappa shape index (κ1) is 32.9. The van der Waals surface area contributed by atoms with E-state index in [1.807, 2.05) is 0 Å². The molecule has 2 fully saturated rings. The molecular weight excluding hydrogens is 675 g/mol. The van der Waals surface area contributed by atoms with Crippen LogP contribution in [0.2, 0.25) is 0 Å². The third kappa shape index (κ3) is 5.22. The number of fused-ring (bicyclic) bond motifs is 8. The molecule has 3 atom stereocenters. The Morgan fingerprint density at radius 2 is 0.893 bits per heavy atom. The van der Waals surface area contributed by atoms with Crippen molar-refractivity contribution in [1.29, 1.82) is 0 Å². The van der Waals surface area contributed by atoms with E-state index >= 15 is 0 Å². The molecule has 1 spiro atoms. The summed E-state index contributed by atoms with van der Waals surface area (Å²) in [7, 11) is 0. The normalized spacial score (nSPS) is 18.9. The first-order chi connectivity index (χ1) is 27.8. The van der Waals surface area contributed by atoms with Crippen molar-refractivity contribution in [3.63, 3.8) is 0 Å². The minimum Gasteiger partial charge on any atom is -0.310 e. The highest BCUT2D eigenvalue weighted by Gasteiger charge is 2.56. The van der Waals surface area contributed by atoms with Crippen LogP contribution in [0.4, 0.5) is 17.1 Å². The van der Waals surface area contributed by atoms with Crippen LogP contribution in [0, 0.1) is 11.8 Å². The van der Waals surface area contributed by atoms with Crippen LogP contribution in [-0.2, 0) is 5.41 Å². The Labute approximate surface area is 330 Å². The molecule has 0 radical (unpaired) electrons. The summed E-state index contributed by atoms with van der Waals surface area (Å²) >= 11 is 0. The van der Waals surface area contributed by atoms with Gasteiger partial charge in [-0.1, -0.05) is 176 Å². The summed E-state index contributed by atoms with van der Waals surface area (Å²) in [5, 5.41) is 0. The molecule has 2 saturated carbocycles. The zero-order valence-corrected chi connectivity index (χ0v) is 31.5. The highest BCUT2D eigenvalue weighted by atomic mass is 15.1. The predicted octanol–water partition coefficient (Wildman–Crippen LogP) is 14.9. The molecule has 0 amide bonds. The fraction of sp³-hybridized carbons (Fsp3) is 0.127. The molecule has 3 aliphatic rings. The molecule has 0 heterocycles. The minimum atomic E-state index is 0.151. The fourth-order valence-electron chi connectivity index (χ4n) is 10.8. The Morgan fingerprint density at radius 1 is 0.375 bits per heavy atom. The van der Waals surface area contributed by atoms with E-state index in [1.54, 1.807) is 11.1 Å². The van der Waals surface area contributed by atoms with Gasteiger partial charge in [-0.25, -0.2) is 0 Å². The first-order valence-corrected chi connectivity index (χ1v) is 20.3. The van der Waals surface area contributed by atoms with Crippen LogP contribution < -0.4 is 4.90 Å². The maximum Gasteiger partial charge on any atom is 0.0540 e. The lowest BCUT2D eigenvalue weighted by molar-refractivity contribution is 0.327. The summed E-state index contributed by atoms with van der Waals surface area (Å²) in [5.41, 5.74) is 19.3. The van der Waals surface area contributed by atoms with Gasteiger partial charge in [-0.3, -0.25) is 0 Å². The molecule has 0 aromatic heterocycles. The summed E-state index contributed by atoms with van der Waals surface area (Å²) in [6, 6.07) is 74.1. The van der Waals surface area contributed by atoms with E-state index in [4.69, 9.17) is 0 Å². The Kier molecular flexibility index (Phi) is 7.88. The zero-order chi connectivity index (χ0) is 37.1. The van der Waals surface area contributed by atoms with Gasteiger partial charge >= 0.3 is 0 Å². The SMILES string of the molecule is c1ccc(-c2ccc(N(c3ccc4c(c3)-c3ccccc3C43CC4CCC3C4)c3ccccc3-c3ccccc3-c3ccccc3-c3ccccc3)cc2)cc1. The van der Waals surface area contributed by atoms with Crippen molar-refractivity contribution < 1.29 is 0 Å². The second-order valence-electron chi connectivity index (χ2n) is 16.0. The smallest absolute Gasteiger partial charge is 0.0540 e. The number of nitrogens with zero attached hydrogens (tertiary/aromatic N) is 1. The van der Waals surface area contributed by atoms with Crippen LogP contribution in [-0.4, -0.2) is 0 Å². The van der Waals surface area contributed by atoms with Gasteiger partial charge in [-0.15, -0.1) is 0 Å². The standard InChI is InChI=1S/C55H43N/c1-3-15-39(16-4-1)40-28-31-43(32-29-40)56(44-33-34-53-51(36-44)49-23-11-13-25-52(49)55(53)37-38-27-30-42(55)35-38)54-26-14-12-24-50(54)48-22-10-9-21-47(48)46-20-8-7-19-45(46)41-17-5-2-6-18-41/h1-26,28-29,31-34,36,38,42H,27,30,35,37H2. The molecule has 11 rings (SSSR count). The van der Waals surface area contributed by atoms with Gasteiger partial charge in [-0.2, -0.15) is 0 Å². The van der Waals surface area contributed by atoms with Crippen molar-refractivity contribution in [2.24, 2.45) is 11.8 Å². The van der Waals surface area contributed by atoms with E-state index in [9.17, 15) is 0 Å². The van der Waals surface area contributed by atoms with Gasteiger partial charge in [0, 0.05) is 22.4 Å². The van der Waals surface area contributed by atoms with Gasteiger partial charge in [-0.05, 0) is 123 Å². The van der Waals surface area contributed by atoms with Crippen LogP contribution >= 0.6 is 0 Å². The topological polar surface area (TPSA) is 3.24 Å². The zero-order valence-electron chi connectivity index (χ0n) is 31.5. The molecular formula is C55H43N. The second kappa shape index (κ2) is 13.4. The quantitative estimate of drug-likeness (QED) is 0.159. The molecule has 8 aromatic carbocycles. The predicted molar refractivity (Wildman–Crippen MR) is 235 cm³/mol. The average Bonchev–Trinajstić information content (AvgIpc) is 3.97. The second-order valence-corrected chi connectivity index (χ2v) is 16.0. The van der Waals surface area contributed by atoms with Gasteiger partial charge in [0.05, 0.1) is 5.69 Å². The summed E-state index contributed by atoms with van der Waals surface area (Å²) in [6.45, 7) is 0. The fourth-order valence-corrected chi connectivity index (χ4v) is 10.8. The number of anilines is 3. The van der Waals surface area contributed by atoms with Gasteiger partial charge in [0.15, 0.2) is 0 Å². The molecule has 0 saturated heterocycles. The van der Waals surface area contributed by atoms with E-state index < -0.39 is 0 Å².